The minimum Gasteiger partial charge on any atom is -0.477 e. The molecule has 20 heavy (non-hydrogen) atoms. The van der Waals surface area contributed by atoms with Crippen LogP contribution in [0, 0.1) is 17.0 Å². The van der Waals surface area contributed by atoms with E-state index < -0.39 is 22.0 Å². The Kier molecular flexibility index (Phi) is 3.30. The van der Waals surface area contributed by atoms with Crippen LogP contribution in [0.15, 0.2) is 29.1 Å². The standard InChI is InChI=1S/C12H9N3O5/c1-6-9(12(17)18)11(16)14-10(13-6)7-2-4-8(5-3-7)15(19)20/h2-5H,1H3,(H,17,18)(H,13,14,16). The third kappa shape index (κ3) is 2.39. The molecule has 0 aliphatic carbocycles. The van der Waals surface area contributed by atoms with Crippen LogP contribution in [0.2, 0.25) is 0 Å². The Morgan fingerprint density at radius 3 is 2.40 bits per heavy atom. The van der Waals surface area contributed by atoms with Crippen LogP contribution < -0.4 is 5.56 Å². The van der Waals surface area contributed by atoms with E-state index in [1.54, 1.807) is 0 Å². The van der Waals surface area contributed by atoms with Gasteiger partial charge in [0.05, 0.1) is 10.6 Å². The number of aromatic amines is 1. The number of carboxylic acids is 1. The van der Waals surface area contributed by atoms with E-state index in [-0.39, 0.29) is 17.2 Å². The van der Waals surface area contributed by atoms with E-state index >= 15 is 0 Å². The third-order valence-corrected chi connectivity index (χ3v) is 2.67. The highest BCUT2D eigenvalue weighted by Gasteiger charge is 2.16. The number of hydrogen-bond acceptors (Lipinski definition) is 5. The zero-order valence-electron chi connectivity index (χ0n) is 10.3. The number of nitrogens with one attached hydrogen (secondary N) is 1. The molecule has 1 aromatic carbocycles. The summed E-state index contributed by atoms with van der Waals surface area (Å²) in [4.78, 5) is 38.9. The van der Waals surface area contributed by atoms with Crippen LogP contribution in [0.1, 0.15) is 16.1 Å². The monoisotopic (exact) mass is 275 g/mol. The first-order valence-electron chi connectivity index (χ1n) is 5.49. The van der Waals surface area contributed by atoms with E-state index in [9.17, 15) is 19.7 Å². The molecule has 0 unspecified atom stereocenters. The van der Waals surface area contributed by atoms with E-state index in [2.05, 4.69) is 9.97 Å². The number of aryl methyl sites for hydroxylation is 1. The first kappa shape index (κ1) is 13.4. The van der Waals surface area contributed by atoms with Crippen molar-refractivity contribution in [2.45, 2.75) is 6.92 Å². The van der Waals surface area contributed by atoms with Gasteiger partial charge in [-0.05, 0) is 19.1 Å². The Hall–Kier alpha value is -3.03. The van der Waals surface area contributed by atoms with Gasteiger partial charge in [-0.2, -0.15) is 0 Å². The number of aromatic carboxylic acids is 1. The van der Waals surface area contributed by atoms with Crippen LogP contribution in [0.25, 0.3) is 11.4 Å². The third-order valence-electron chi connectivity index (χ3n) is 2.67. The van der Waals surface area contributed by atoms with E-state index in [1.165, 1.54) is 31.2 Å². The minimum absolute atomic E-state index is 0.0783. The van der Waals surface area contributed by atoms with Crippen LogP contribution in [0.4, 0.5) is 5.69 Å². The van der Waals surface area contributed by atoms with Gasteiger partial charge in [0.25, 0.3) is 11.2 Å². The molecule has 0 amide bonds. The lowest BCUT2D eigenvalue weighted by Crippen LogP contribution is -2.21. The van der Waals surface area contributed by atoms with E-state index in [1.807, 2.05) is 0 Å². The smallest absolute Gasteiger partial charge is 0.343 e. The van der Waals surface area contributed by atoms with E-state index in [4.69, 9.17) is 5.11 Å². The average molecular weight is 275 g/mol. The lowest BCUT2D eigenvalue weighted by atomic mass is 10.1. The first-order valence-corrected chi connectivity index (χ1v) is 5.49. The minimum atomic E-state index is -1.36. The molecule has 2 rings (SSSR count). The van der Waals surface area contributed by atoms with Crippen LogP contribution in [-0.2, 0) is 0 Å². The number of non-ortho nitro benzene ring substituents is 1. The van der Waals surface area contributed by atoms with Crippen molar-refractivity contribution < 1.29 is 14.8 Å². The van der Waals surface area contributed by atoms with Crippen molar-refractivity contribution in [3.63, 3.8) is 0 Å². The summed E-state index contributed by atoms with van der Waals surface area (Å²) in [6.07, 6.45) is 0. The second-order valence-electron chi connectivity index (χ2n) is 3.98. The molecule has 0 atom stereocenters. The van der Waals surface area contributed by atoms with Crippen molar-refractivity contribution in [2.75, 3.05) is 0 Å². The Bertz CT molecular complexity index is 749. The second-order valence-corrected chi connectivity index (χ2v) is 3.98. The molecule has 2 aromatic rings. The number of carbonyl (C=O) groups is 1. The van der Waals surface area contributed by atoms with Crippen LogP contribution in [0.3, 0.4) is 0 Å². The SMILES string of the molecule is Cc1nc(-c2ccc([N+](=O)[O-])cc2)[nH]c(=O)c1C(=O)O. The summed E-state index contributed by atoms with van der Waals surface area (Å²) in [5, 5.41) is 19.4. The van der Waals surface area contributed by atoms with Gasteiger partial charge in [0.1, 0.15) is 11.4 Å². The quantitative estimate of drug-likeness (QED) is 0.643. The Balaban J connectivity index is 2.51. The number of benzene rings is 1. The van der Waals surface area contributed by atoms with Gasteiger partial charge < -0.3 is 10.1 Å². The fourth-order valence-electron chi connectivity index (χ4n) is 1.72. The number of nitro benzene ring substituents is 1. The highest BCUT2D eigenvalue weighted by molar-refractivity contribution is 5.88. The van der Waals surface area contributed by atoms with E-state index in [0.717, 1.165) is 0 Å². The number of H-pyrrole nitrogens is 1. The molecule has 0 aliphatic rings. The summed E-state index contributed by atoms with van der Waals surface area (Å²) in [6, 6.07) is 5.40. The van der Waals surface area contributed by atoms with Crippen molar-refractivity contribution in [3.8, 4) is 11.4 Å². The van der Waals surface area contributed by atoms with Gasteiger partial charge >= 0.3 is 5.97 Å². The number of aromatic nitrogens is 2. The van der Waals surface area contributed by atoms with Crippen molar-refractivity contribution in [2.24, 2.45) is 0 Å². The molecule has 0 radical (unpaired) electrons. The summed E-state index contributed by atoms with van der Waals surface area (Å²) in [6.45, 7) is 1.41. The number of rotatable bonds is 3. The molecule has 1 aromatic heterocycles. The lowest BCUT2D eigenvalue weighted by molar-refractivity contribution is -0.384. The van der Waals surface area contributed by atoms with Gasteiger partial charge in [0.2, 0.25) is 0 Å². The van der Waals surface area contributed by atoms with Gasteiger partial charge in [0.15, 0.2) is 0 Å². The van der Waals surface area contributed by atoms with Crippen LogP contribution in [0.5, 0.6) is 0 Å². The topological polar surface area (TPSA) is 126 Å². The van der Waals surface area contributed by atoms with Gasteiger partial charge in [-0.25, -0.2) is 9.78 Å². The van der Waals surface area contributed by atoms with Crippen molar-refractivity contribution in [1.82, 2.24) is 9.97 Å². The second kappa shape index (κ2) is 4.92. The molecule has 0 saturated carbocycles. The highest BCUT2D eigenvalue weighted by Crippen LogP contribution is 2.19. The largest absolute Gasteiger partial charge is 0.477 e. The van der Waals surface area contributed by atoms with Gasteiger partial charge in [-0.1, -0.05) is 0 Å². The summed E-state index contributed by atoms with van der Waals surface area (Å²) in [5.74, 6) is -1.20. The molecule has 0 fully saturated rings. The van der Waals surface area contributed by atoms with Crippen molar-refractivity contribution in [3.05, 3.63) is 56.0 Å². The summed E-state index contributed by atoms with van der Waals surface area (Å²) in [5.41, 5.74) is -0.744. The number of nitrogens with zero attached hydrogens (tertiary/aromatic N) is 2. The predicted octanol–water partition coefficient (Wildman–Crippen LogP) is 1.35. The maximum absolute atomic E-state index is 11.7. The van der Waals surface area contributed by atoms with Crippen LogP contribution >= 0.6 is 0 Å². The molecule has 0 saturated heterocycles. The molecule has 0 bridgehead atoms. The Morgan fingerprint density at radius 2 is 1.95 bits per heavy atom. The summed E-state index contributed by atoms with van der Waals surface area (Å²) in [7, 11) is 0. The Labute approximate surface area is 111 Å². The highest BCUT2D eigenvalue weighted by atomic mass is 16.6. The van der Waals surface area contributed by atoms with Gasteiger partial charge in [-0.15, -0.1) is 0 Å². The van der Waals surface area contributed by atoms with Crippen molar-refractivity contribution in [1.29, 1.82) is 0 Å². The fraction of sp³-hybridized carbons (Fsp3) is 0.0833. The molecule has 102 valence electrons. The van der Waals surface area contributed by atoms with Crippen LogP contribution in [-0.4, -0.2) is 26.0 Å². The molecule has 0 aliphatic heterocycles. The zero-order chi connectivity index (χ0) is 14.9. The van der Waals surface area contributed by atoms with Crippen molar-refractivity contribution >= 4 is 11.7 Å². The molecular formula is C12H9N3O5. The summed E-state index contributed by atoms with van der Waals surface area (Å²) >= 11 is 0. The first-order chi connectivity index (χ1) is 9.40. The number of hydrogen-bond donors (Lipinski definition) is 2. The maximum Gasteiger partial charge on any atom is 0.343 e. The molecule has 8 nitrogen and oxygen atoms in total. The lowest BCUT2D eigenvalue weighted by Gasteiger charge is -2.04. The maximum atomic E-state index is 11.7. The predicted molar refractivity (Wildman–Crippen MR) is 68.6 cm³/mol. The fourth-order valence-corrected chi connectivity index (χ4v) is 1.72. The Morgan fingerprint density at radius 1 is 1.35 bits per heavy atom. The van der Waals surface area contributed by atoms with Gasteiger partial charge in [-0.3, -0.25) is 14.9 Å². The molecule has 2 N–H and O–H groups in total. The number of nitro groups is 1. The molecule has 8 heteroatoms. The zero-order valence-corrected chi connectivity index (χ0v) is 10.3. The number of carboxylic acid groups (broad SMARTS) is 1. The average Bonchev–Trinajstić information content (AvgIpc) is 2.37. The summed E-state index contributed by atoms with van der Waals surface area (Å²) < 4.78 is 0. The van der Waals surface area contributed by atoms with E-state index in [0.29, 0.717) is 5.56 Å². The normalized spacial score (nSPS) is 10.2. The molecule has 1 heterocycles. The molecular weight excluding hydrogens is 266 g/mol. The van der Waals surface area contributed by atoms with Gasteiger partial charge in [0, 0.05) is 17.7 Å². The molecule has 0 spiro atoms.